The smallest absolute Gasteiger partial charge is 0.203 e. The fraction of sp³-hybridized carbons (Fsp3) is 0.467. The highest BCUT2D eigenvalue weighted by atomic mass is 35.5. The maximum atomic E-state index is 5.72. The molecule has 0 saturated carbocycles. The van der Waals surface area contributed by atoms with Crippen LogP contribution in [0.5, 0.6) is 17.2 Å². The van der Waals surface area contributed by atoms with Gasteiger partial charge in [0.15, 0.2) is 11.5 Å². The SMILES string of the molecule is C=C(Cl)COc1c(OC)cc(CNC(C)C)cc1OC. The third kappa shape index (κ3) is 4.94. The van der Waals surface area contributed by atoms with Gasteiger partial charge in [-0.3, -0.25) is 0 Å². The molecule has 20 heavy (non-hydrogen) atoms. The van der Waals surface area contributed by atoms with E-state index in [4.69, 9.17) is 25.8 Å². The molecule has 0 bridgehead atoms. The summed E-state index contributed by atoms with van der Waals surface area (Å²) in [4.78, 5) is 0. The lowest BCUT2D eigenvalue weighted by Crippen LogP contribution is -2.21. The van der Waals surface area contributed by atoms with Crippen molar-refractivity contribution < 1.29 is 14.2 Å². The Hall–Kier alpha value is -1.39. The van der Waals surface area contributed by atoms with Crippen molar-refractivity contribution in [1.29, 1.82) is 0 Å². The van der Waals surface area contributed by atoms with Gasteiger partial charge in [0.05, 0.1) is 14.2 Å². The molecule has 0 aliphatic carbocycles. The Morgan fingerprint density at radius 1 is 1.25 bits per heavy atom. The van der Waals surface area contributed by atoms with E-state index in [1.807, 2.05) is 12.1 Å². The molecule has 1 rings (SSSR count). The molecule has 0 amide bonds. The lowest BCUT2D eigenvalue weighted by Gasteiger charge is -2.16. The Labute approximate surface area is 125 Å². The topological polar surface area (TPSA) is 39.7 Å². The van der Waals surface area contributed by atoms with E-state index in [2.05, 4.69) is 25.7 Å². The van der Waals surface area contributed by atoms with Gasteiger partial charge in [0, 0.05) is 17.6 Å². The Bertz CT molecular complexity index is 435. The summed E-state index contributed by atoms with van der Waals surface area (Å²) in [6, 6.07) is 4.25. The quantitative estimate of drug-likeness (QED) is 0.799. The van der Waals surface area contributed by atoms with Gasteiger partial charge < -0.3 is 19.5 Å². The molecule has 0 aliphatic rings. The minimum atomic E-state index is 0.206. The van der Waals surface area contributed by atoms with Gasteiger partial charge in [-0.25, -0.2) is 0 Å². The summed E-state index contributed by atoms with van der Waals surface area (Å²) in [6.45, 7) is 8.72. The van der Waals surface area contributed by atoms with Crippen LogP contribution in [0.3, 0.4) is 0 Å². The predicted octanol–water partition coefficient (Wildman–Crippen LogP) is 3.33. The van der Waals surface area contributed by atoms with E-state index in [9.17, 15) is 0 Å². The normalized spacial score (nSPS) is 10.5. The maximum Gasteiger partial charge on any atom is 0.203 e. The average molecular weight is 300 g/mol. The zero-order valence-electron chi connectivity index (χ0n) is 12.5. The van der Waals surface area contributed by atoms with Crippen molar-refractivity contribution in [1.82, 2.24) is 5.32 Å². The molecule has 5 heteroatoms. The number of halogens is 1. The van der Waals surface area contributed by atoms with Gasteiger partial charge in [-0.1, -0.05) is 32.0 Å². The Balaban J connectivity index is 3.01. The van der Waals surface area contributed by atoms with Crippen molar-refractivity contribution in [2.75, 3.05) is 20.8 Å². The van der Waals surface area contributed by atoms with Crippen LogP contribution in [0, 0.1) is 0 Å². The minimum Gasteiger partial charge on any atom is -0.493 e. The van der Waals surface area contributed by atoms with E-state index in [1.54, 1.807) is 14.2 Å². The minimum absolute atomic E-state index is 0.206. The zero-order valence-corrected chi connectivity index (χ0v) is 13.2. The fourth-order valence-electron chi connectivity index (χ4n) is 1.65. The number of rotatable bonds is 8. The first-order chi connectivity index (χ1) is 9.47. The first kappa shape index (κ1) is 16.7. The monoisotopic (exact) mass is 299 g/mol. The molecule has 0 heterocycles. The molecule has 1 N–H and O–H groups in total. The summed E-state index contributed by atoms with van der Waals surface area (Å²) in [5, 5.41) is 3.76. The van der Waals surface area contributed by atoms with Crippen molar-refractivity contribution in [2.24, 2.45) is 0 Å². The Morgan fingerprint density at radius 2 is 1.80 bits per heavy atom. The van der Waals surface area contributed by atoms with Crippen LogP contribution in [-0.4, -0.2) is 26.9 Å². The number of benzene rings is 1. The van der Waals surface area contributed by atoms with E-state index < -0.39 is 0 Å². The second kappa shape index (κ2) is 8.02. The molecule has 112 valence electrons. The molecular formula is C15H22ClNO3. The van der Waals surface area contributed by atoms with Crippen molar-refractivity contribution in [3.8, 4) is 17.2 Å². The lowest BCUT2D eigenvalue weighted by molar-refractivity contribution is 0.298. The van der Waals surface area contributed by atoms with Crippen LogP contribution in [0.15, 0.2) is 23.7 Å². The average Bonchev–Trinajstić information content (AvgIpc) is 2.42. The number of hydrogen-bond donors (Lipinski definition) is 1. The first-order valence-electron chi connectivity index (χ1n) is 6.42. The zero-order chi connectivity index (χ0) is 15.1. The van der Waals surface area contributed by atoms with Gasteiger partial charge in [-0.05, 0) is 17.7 Å². The summed E-state index contributed by atoms with van der Waals surface area (Å²) in [5.41, 5.74) is 1.06. The molecule has 4 nitrogen and oxygen atoms in total. The molecule has 0 radical (unpaired) electrons. The molecule has 0 spiro atoms. The number of ether oxygens (including phenoxy) is 3. The summed E-state index contributed by atoms with van der Waals surface area (Å²) in [5.74, 6) is 1.76. The van der Waals surface area contributed by atoms with Gasteiger partial charge in [-0.15, -0.1) is 0 Å². The van der Waals surface area contributed by atoms with Crippen LogP contribution in [0.1, 0.15) is 19.4 Å². The Kier molecular flexibility index (Phi) is 6.68. The first-order valence-corrected chi connectivity index (χ1v) is 6.80. The van der Waals surface area contributed by atoms with Gasteiger partial charge in [0.1, 0.15) is 6.61 Å². The molecule has 0 unspecified atom stereocenters. The van der Waals surface area contributed by atoms with Gasteiger partial charge in [-0.2, -0.15) is 0 Å². The number of methoxy groups -OCH3 is 2. The van der Waals surface area contributed by atoms with Crippen LogP contribution in [0.25, 0.3) is 0 Å². The van der Waals surface area contributed by atoms with Crippen LogP contribution >= 0.6 is 11.6 Å². The second-order valence-electron chi connectivity index (χ2n) is 4.67. The highest BCUT2D eigenvalue weighted by Gasteiger charge is 2.14. The number of nitrogens with one attached hydrogen (secondary N) is 1. The number of hydrogen-bond acceptors (Lipinski definition) is 4. The van der Waals surface area contributed by atoms with E-state index in [1.165, 1.54) is 0 Å². The van der Waals surface area contributed by atoms with Crippen molar-refractivity contribution in [3.05, 3.63) is 29.3 Å². The van der Waals surface area contributed by atoms with E-state index >= 15 is 0 Å². The van der Waals surface area contributed by atoms with Crippen LogP contribution < -0.4 is 19.5 Å². The third-order valence-electron chi connectivity index (χ3n) is 2.61. The van der Waals surface area contributed by atoms with E-state index in [-0.39, 0.29) is 6.61 Å². The molecular weight excluding hydrogens is 278 g/mol. The summed E-state index contributed by atoms with van der Waals surface area (Å²) in [7, 11) is 3.19. The second-order valence-corrected chi connectivity index (χ2v) is 5.21. The lowest BCUT2D eigenvalue weighted by atomic mass is 10.1. The van der Waals surface area contributed by atoms with Crippen molar-refractivity contribution in [2.45, 2.75) is 26.4 Å². The fourth-order valence-corrected chi connectivity index (χ4v) is 1.71. The van der Waals surface area contributed by atoms with Crippen LogP contribution in [0.2, 0.25) is 0 Å². The summed E-state index contributed by atoms with van der Waals surface area (Å²) < 4.78 is 16.3. The van der Waals surface area contributed by atoms with Gasteiger partial charge >= 0.3 is 0 Å². The summed E-state index contributed by atoms with van der Waals surface area (Å²) >= 11 is 5.72. The van der Waals surface area contributed by atoms with Crippen LogP contribution in [-0.2, 0) is 6.54 Å². The van der Waals surface area contributed by atoms with E-state index in [0.717, 1.165) is 12.1 Å². The molecule has 0 aliphatic heterocycles. The van der Waals surface area contributed by atoms with Gasteiger partial charge in [0.2, 0.25) is 5.75 Å². The van der Waals surface area contributed by atoms with Gasteiger partial charge in [0.25, 0.3) is 0 Å². The van der Waals surface area contributed by atoms with E-state index in [0.29, 0.717) is 28.3 Å². The molecule has 0 fully saturated rings. The van der Waals surface area contributed by atoms with Crippen LogP contribution in [0.4, 0.5) is 0 Å². The van der Waals surface area contributed by atoms with Crippen molar-refractivity contribution in [3.63, 3.8) is 0 Å². The third-order valence-corrected chi connectivity index (χ3v) is 2.72. The molecule has 0 saturated heterocycles. The standard InChI is InChI=1S/C15H22ClNO3/c1-10(2)17-8-12-6-13(18-4)15(14(7-12)19-5)20-9-11(3)16/h6-7,10,17H,3,8-9H2,1-2,4-5H3. The maximum absolute atomic E-state index is 5.72. The largest absolute Gasteiger partial charge is 0.493 e. The Morgan fingerprint density at radius 3 is 2.20 bits per heavy atom. The molecule has 1 aromatic carbocycles. The molecule has 1 aromatic rings. The molecule has 0 atom stereocenters. The predicted molar refractivity (Wildman–Crippen MR) is 82.0 cm³/mol. The molecule has 0 aromatic heterocycles. The highest BCUT2D eigenvalue weighted by Crippen LogP contribution is 2.38. The highest BCUT2D eigenvalue weighted by molar-refractivity contribution is 6.29. The summed E-state index contributed by atoms with van der Waals surface area (Å²) in [6.07, 6.45) is 0. The van der Waals surface area contributed by atoms with Crippen molar-refractivity contribution >= 4 is 11.6 Å².